The number of fused-ring (bicyclic) bond motifs is 1. The third kappa shape index (κ3) is 3.67. The maximum Gasteiger partial charge on any atom is 0.254 e. The summed E-state index contributed by atoms with van der Waals surface area (Å²) < 4.78 is 0. The van der Waals surface area contributed by atoms with Crippen molar-refractivity contribution in [3.63, 3.8) is 0 Å². The summed E-state index contributed by atoms with van der Waals surface area (Å²) in [5.74, 6) is 0.195. The molecule has 3 unspecified atom stereocenters. The van der Waals surface area contributed by atoms with Gasteiger partial charge in [0.2, 0.25) is 0 Å². The van der Waals surface area contributed by atoms with Crippen molar-refractivity contribution in [2.45, 2.75) is 40.2 Å². The fourth-order valence-electron chi connectivity index (χ4n) is 5.60. The van der Waals surface area contributed by atoms with Crippen LogP contribution >= 0.6 is 0 Å². The molecule has 0 spiro atoms. The van der Waals surface area contributed by atoms with Gasteiger partial charge in [-0.25, -0.2) is 0 Å². The lowest BCUT2D eigenvalue weighted by molar-refractivity contribution is 0.0756. The van der Waals surface area contributed by atoms with Gasteiger partial charge in [-0.05, 0) is 43.5 Å². The average Bonchev–Trinajstić information content (AvgIpc) is 3.10. The Balaban J connectivity index is 1.41. The Kier molecular flexibility index (Phi) is 5.50. The molecule has 1 amide bonds. The molecular formula is C26H35N3O. The van der Waals surface area contributed by atoms with Crippen molar-refractivity contribution in [1.82, 2.24) is 9.80 Å². The van der Waals surface area contributed by atoms with Crippen LogP contribution in [0.15, 0.2) is 48.5 Å². The van der Waals surface area contributed by atoms with Gasteiger partial charge in [-0.3, -0.25) is 4.79 Å². The summed E-state index contributed by atoms with van der Waals surface area (Å²) in [6, 6.07) is 16.6. The van der Waals surface area contributed by atoms with E-state index in [1.165, 1.54) is 5.56 Å². The summed E-state index contributed by atoms with van der Waals surface area (Å²) >= 11 is 0. The second-order valence-electron chi connectivity index (χ2n) is 10.1. The molecule has 4 heteroatoms. The second kappa shape index (κ2) is 7.82. The predicted octanol–water partition coefficient (Wildman–Crippen LogP) is 4.18. The molecule has 2 saturated heterocycles. The fourth-order valence-corrected chi connectivity index (χ4v) is 5.60. The van der Waals surface area contributed by atoms with E-state index >= 15 is 0 Å². The zero-order valence-electron chi connectivity index (χ0n) is 18.8. The number of carbonyl (C=O) groups is 1. The first kappa shape index (κ1) is 21.1. The lowest BCUT2D eigenvalue weighted by Crippen LogP contribution is -2.37. The summed E-state index contributed by atoms with van der Waals surface area (Å²) in [5.41, 5.74) is 10.9. The lowest BCUT2D eigenvalue weighted by atomic mass is 9.71. The van der Waals surface area contributed by atoms with Crippen molar-refractivity contribution in [3.8, 4) is 0 Å². The van der Waals surface area contributed by atoms with Gasteiger partial charge < -0.3 is 15.5 Å². The minimum atomic E-state index is 0.0781. The number of hydrogen-bond acceptors (Lipinski definition) is 3. The fraction of sp³-hybridized carbons (Fsp3) is 0.500. The summed E-state index contributed by atoms with van der Waals surface area (Å²) in [5, 5.41) is 0. The van der Waals surface area contributed by atoms with Crippen LogP contribution in [-0.2, 0) is 0 Å². The first-order valence-corrected chi connectivity index (χ1v) is 11.1. The Hall–Kier alpha value is -2.17. The van der Waals surface area contributed by atoms with Crippen LogP contribution in [0.2, 0.25) is 0 Å². The zero-order chi connectivity index (χ0) is 21.5. The molecule has 30 heavy (non-hydrogen) atoms. The van der Waals surface area contributed by atoms with Crippen LogP contribution in [0.4, 0.5) is 0 Å². The first-order valence-electron chi connectivity index (χ1n) is 11.1. The quantitative estimate of drug-likeness (QED) is 0.812. The smallest absolute Gasteiger partial charge is 0.254 e. The molecule has 2 heterocycles. The number of rotatable bonds is 5. The number of hydrogen-bond donors (Lipinski definition) is 1. The van der Waals surface area contributed by atoms with E-state index in [2.05, 4.69) is 47.9 Å². The monoisotopic (exact) mass is 405 g/mol. The number of benzene rings is 2. The van der Waals surface area contributed by atoms with E-state index in [4.69, 9.17) is 5.73 Å². The number of nitrogens with two attached hydrogens (primary N) is 1. The molecule has 2 aliphatic rings. The molecule has 0 bridgehead atoms. The molecule has 160 valence electrons. The summed E-state index contributed by atoms with van der Waals surface area (Å²) in [7, 11) is 0. The van der Waals surface area contributed by atoms with Crippen molar-refractivity contribution in [2.24, 2.45) is 16.6 Å². The van der Waals surface area contributed by atoms with Gasteiger partial charge >= 0.3 is 0 Å². The van der Waals surface area contributed by atoms with Crippen LogP contribution < -0.4 is 5.73 Å². The molecular weight excluding hydrogens is 370 g/mol. The molecule has 0 saturated carbocycles. The Bertz CT molecular complexity index is 887. The van der Waals surface area contributed by atoms with Gasteiger partial charge in [-0.1, -0.05) is 62.4 Å². The van der Waals surface area contributed by atoms with E-state index in [-0.39, 0.29) is 22.8 Å². The van der Waals surface area contributed by atoms with Gasteiger partial charge in [0.1, 0.15) is 0 Å². The van der Waals surface area contributed by atoms with Crippen LogP contribution in [0, 0.1) is 24.7 Å². The number of carbonyl (C=O) groups excluding carboxylic acids is 1. The lowest BCUT2D eigenvalue weighted by Gasteiger charge is -2.30. The van der Waals surface area contributed by atoms with Crippen LogP contribution in [0.3, 0.4) is 0 Å². The molecule has 0 aromatic heterocycles. The number of nitrogens with zero attached hydrogens (tertiary/aromatic N) is 2. The maximum absolute atomic E-state index is 13.4. The molecule has 2 N–H and O–H groups in total. The van der Waals surface area contributed by atoms with Crippen molar-refractivity contribution in [2.75, 3.05) is 32.7 Å². The Labute approximate surface area is 181 Å². The highest BCUT2D eigenvalue weighted by Gasteiger charge is 2.58. The Morgan fingerprint density at radius 2 is 1.50 bits per heavy atom. The van der Waals surface area contributed by atoms with Crippen LogP contribution in [-0.4, -0.2) is 48.4 Å². The van der Waals surface area contributed by atoms with Crippen molar-refractivity contribution in [1.29, 1.82) is 0 Å². The van der Waals surface area contributed by atoms with E-state index in [1.54, 1.807) is 0 Å². The van der Waals surface area contributed by atoms with E-state index in [0.29, 0.717) is 0 Å². The van der Waals surface area contributed by atoms with Crippen LogP contribution in [0.1, 0.15) is 53.4 Å². The van der Waals surface area contributed by atoms with E-state index in [0.717, 1.165) is 55.8 Å². The van der Waals surface area contributed by atoms with Gasteiger partial charge in [-0.15, -0.1) is 0 Å². The predicted molar refractivity (Wildman–Crippen MR) is 122 cm³/mol. The van der Waals surface area contributed by atoms with E-state index in [1.807, 2.05) is 38.1 Å². The highest BCUT2D eigenvalue weighted by atomic mass is 16.2. The number of aryl methyl sites for hydroxylation is 2. The topological polar surface area (TPSA) is 49.6 Å². The Morgan fingerprint density at radius 1 is 0.933 bits per heavy atom. The third-order valence-corrected chi connectivity index (χ3v) is 7.65. The van der Waals surface area contributed by atoms with Crippen LogP contribution in [0.25, 0.3) is 0 Å². The highest BCUT2D eigenvalue weighted by Crippen LogP contribution is 2.51. The molecule has 4 nitrogen and oxygen atoms in total. The van der Waals surface area contributed by atoms with E-state index in [9.17, 15) is 4.79 Å². The van der Waals surface area contributed by atoms with Gasteiger partial charge in [0.05, 0.1) is 0 Å². The van der Waals surface area contributed by atoms with Crippen molar-refractivity contribution >= 4 is 5.91 Å². The minimum Gasteiger partial charge on any atom is -0.337 e. The van der Waals surface area contributed by atoms with E-state index < -0.39 is 0 Å². The third-order valence-electron chi connectivity index (χ3n) is 7.65. The number of likely N-dealkylation sites (tertiary alicyclic amines) is 2. The molecule has 2 aliphatic heterocycles. The largest absolute Gasteiger partial charge is 0.337 e. The zero-order valence-corrected chi connectivity index (χ0v) is 18.8. The summed E-state index contributed by atoms with van der Waals surface area (Å²) in [4.78, 5) is 18.0. The van der Waals surface area contributed by atoms with Crippen molar-refractivity contribution < 1.29 is 4.79 Å². The highest BCUT2D eigenvalue weighted by molar-refractivity contribution is 5.97. The molecule has 0 radical (unpaired) electrons. The SMILES string of the molecule is Cc1cccc(C)c1C(=O)N1CC2(C)CN(CCC(N)c3ccccc3)CC2(C)C1. The Morgan fingerprint density at radius 3 is 2.07 bits per heavy atom. The molecule has 0 aliphatic carbocycles. The van der Waals surface area contributed by atoms with Gasteiger partial charge in [0, 0.05) is 48.6 Å². The standard InChI is InChI=1S/C26H35N3O/c1-19-9-8-10-20(2)23(19)24(30)29-17-25(3)15-28(16-26(25,4)18-29)14-13-22(27)21-11-6-5-7-12-21/h5-12,22H,13-18,27H2,1-4H3. The van der Waals surface area contributed by atoms with Crippen LogP contribution in [0.5, 0.6) is 0 Å². The molecule has 2 aromatic rings. The maximum atomic E-state index is 13.4. The summed E-state index contributed by atoms with van der Waals surface area (Å²) in [6.45, 7) is 13.5. The molecule has 4 rings (SSSR count). The molecule has 2 aromatic carbocycles. The first-order chi connectivity index (χ1) is 14.2. The minimum absolute atomic E-state index is 0.0781. The van der Waals surface area contributed by atoms with Gasteiger partial charge in [0.25, 0.3) is 5.91 Å². The normalized spacial score (nSPS) is 27.3. The second-order valence-corrected chi connectivity index (χ2v) is 10.1. The van der Waals surface area contributed by atoms with Gasteiger partial charge in [-0.2, -0.15) is 0 Å². The molecule has 3 atom stereocenters. The van der Waals surface area contributed by atoms with Crippen molar-refractivity contribution in [3.05, 3.63) is 70.8 Å². The summed E-state index contributed by atoms with van der Waals surface area (Å²) in [6.07, 6.45) is 0.960. The van der Waals surface area contributed by atoms with Gasteiger partial charge in [0.15, 0.2) is 0 Å². The molecule has 2 fully saturated rings. The number of amides is 1. The average molecular weight is 406 g/mol.